The molecule has 0 saturated carbocycles. The lowest BCUT2D eigenvalue weighted by molar-refractivity contribution is 0.102. The first-order valence-electron chi connectivity index (χ1n) is 7.61. The van der Waals surface area contributed by atoms with E-state index >= 15 is 0 Å². The van der Waals surface area contributed by atoms with E-state index in [1.54, 1.807) is 11.3 Å². The van der Waals surface area contributed by atoms with Gasteiger partial charge in [-0.25, -0.2) is 0 Å². The molecule has 1 aromatic heterocycles. The SMILES string of the molecule is N#Cc1c(NC(=O)c2ccc3ccccc3c2)sc2c1CCC2. The molecule has 23 heavy (non-hydrogen) atoms. The Morgan fingerprint density at radius 2 is 1.96 bits per heavy atom. The number of rotatable bonds is 2. The molecule has 1 aliphatic carbocycles. The van der Waals surface area contributed by atoms with Crippen LogP contribution in [0.1, 0.15) is 32.8 Å². The van der Waals surface area contributed by atoms with E-state index in [1.807, 2.05) is 42.5 Å². The lowest BCUT2D eigenvalue weighted by Crippen LogP contribution is -2.11. The Labute approximate surface area is 138 Å². The van der Waals surface area contributed by atoms with Gasteiger partial charge < -0.3 is 5.32 Å². The molecule has 0 radical (unpaired) electrons. The molecule has 3 nitrogen and oxygen atoms in total. The highest BCUT2D eigenvalue weighted by atomic mass is 32.1. The van der Waals surface area contributed by atoms with Gasteiger partial charge in [0.1, 0.15) is 11.1 Å². The average molecular weight is 318 g/mol. The maximum Gasteiger partial charge on any atom is 0.256 e. The number of carbonyl (C=O) groups is 1. The number of nitrogens with zero attached hydrogens (tertiary/aromatic N) is 1. The Hall–Kier alpha value is -2.64. The maximum absolute atomic E-state index is 12.5. The van der Waals surface area contributed by atoms with Crippen LogP contribution in [-0.2, 0) is 12.8 Å². The number of amides is 1. The van der Waals surface area contributed by atoms with Crippen molar-refractivity contribution in [3.05, 3.63) is 64.0 Å². The summed E-state index contributed by atoms with van der Waals surface area (Å²) in [6, 6.07) is 15.9. The lowest BCUT2D eigenvalue weighted by atomic mass is 10.1. The van der Waals surface area contributed by atoms with E-state index < -0.39 is 0 Å². The lowest BCUT2D eigenvalue weighted by Gasteiger charge is -2.05. The van der Waals surface area contributed by atoms with Crippen LogP contribution in [0.15, 0.2) is 42.5 Å². The van der Waals surface area contributed by atoms with Crippen molar-refractivity contribution in [2.45, 2.75) is 19.3 Å². The molecular weight excluding hydrogens is 304 g/mol. The first-order chi connectivity index (χ1) is 11.3. The molecule has 3 aromatic rings. The number of aryl methyl sites for hydroxylation is 1. The van der Waals surface area contributed by atoms with Crippen molar-refractivity contribution in [1.29, 1.82) is 5.26 Å². The summed E-state index contributed by atoms with van der Waals surface area (Å²) in [6.07, 6.45) is 3.07. The normalized spacial score (nSPS) is 12.8. The van der Waals surface area contributed by atoms with Crippen molar-refractivity contribution >= 4 is 33.0 Å². The predicted molar refractivity (Wildman–Crippen MR) is 93.0 cm³/mol. The number of hydrogen-bond acceptors (Lipinski definition) is 3. The van der Waals surface area contributed by atoms with Gasteiger partial charge in [0.25, 0.3) is 5.91 Å². The molecule has 0 atom stereocenters. The summed E-state index contributed by atoms with van der Waals surface area (Å²) in [5, 5.41) is 15.2. The van der Waals surface area contributed by atoms with Gasteiger partial charge in [0, 0.05) is 10.4 Å². The zero-order valence-corrected chi connectivity index (χ0v) is 13.2. The minimum atomic E-state index is -0.160. The Morgan fingerprint density at radius 1 is 1.13 bits per heavy atom. The number of nitriles is 1. The zero-order valence-electron chi connectivity index (χ0n) is 12.4. The number of hydrogen-bond donors (Lipinski definition) is 1. The van der Waals surface area contributed by atoms with Gasteiger partial charge in [-0.15, -0.1) is 11.3 Å². The fourth-order valence-electron chi connectivity index (χ4n) is 3.12. The van der Waals surface area contributed by atoms with Crippen LogP contribution in [0.25, 0.3) is 10.8 Å². The molecule has 112 valence electrons. The summed E-state index contributed by atoms with van der Waals surface area (Å²) >= 11 is 1.55. The molecule has 4 heteroatoms. The quantitative estimate of drug-likeness (QED) is 0.755. The average Bonchev–Trinajstić information content (AvgIpc) is 3.14. The third-order valence-electron chi connectivity index (χ3n) is 4.27. The standard InChI is InChI=1S/C19H14N2OS/c20-11-16-15-6-3-7-17(15)23-19(16)21-18(22)14-9-8-12-4-1-2-5-13(12)10-14/h1-2,4-5,8-10H,3,6-7H2,(H,21,22). The molecule has 0 saturated heterocycles. The van der Waals surface area contributed by atoms with Crippen molar-refractivity contribution in [1.82, 2.24) is 0 Å². The summed E-state index contributed by atoms with van der Waals surface area (Å²) < 4.78 is 0. The third-order valence-corrected chi connectivity index (χ3v) is 5.48. The molecule has 4 rings (SSSR count). The Balaban J connectivity index is 1.66. The van der Waals surface area contributed by atoms with E-state index in [9.17, 15) is 10.1 Å². The largest absolute Gasteiger partial charge is 0.312 e. The molecule has 0 bridgehead atoms. The summed E-state index contributed by atoms with van der Waals surface area (Å²) in [5.74, 6) is -0.160. The van der Waals surface area contributed by atoms with Crippen LogP contribution in [0.5, 0.6) is 0 Å². The van der Waals surface area contributed by atoms with Gasteiger partial charge in [-0.05, 0) is 47.7 Å². The van der Waals surface area contributed by atoms with E-state index in [1.165, 1.54) is 4.88 Å². The number of benzene rings is 2. The molecule has 0 unspecified atom stereocenters. The van der Waals surface area contributed by atoms with Crippen LogP contribution < -0.4 is 5.32 Å². The van der Waals surface area contributed by atoms with Gasteiger partial charge in [0.15, 0.2) is 0 Å². The zero-order chi connectivity index (χ0) is 15.8. The minimum Gasteiger partial charge on any atom is -0.312 e. The number of anilines is 1. The smallest absolute Gasteiger partial charge is 0.256 e. The molecule has 0 fully saturated rings. The Kier molecular flexibility index (Phi) is 3.36. The molecule has 1 heterocycles. The van der Waals surface area contributed by atoms with Gasteiger partial charge in [-0.2, -0.15) is 5.26 Å². The molecule has 1 N–H and O–H groups in total. The Morgan fingerprint density at radius 3 is 2.78 bits per heavy atom. The van der Waals surface area contributed by atoms with Crippen molar-refractivity contribution in [2.24, 2.45) is 0 Å². The number of carbonyl (C=O) groups excluding carboxylic acids is 1. The van der Waals surface area contributed by atoms with E-state index in [0.717, 1.165) is 35.6 Å². The third kappa shape index (κ3) is 2.39. The number of fused-ring (bicyclic) bond motifs is 2. The summed E-state index contributed by atoms with van der Waals surface area (Å²) in [7, 11) is 0. The van der Waals surface area contributed by atoms with Crippen molar-refractivity contribution in [3.8, 4) is 6.07 Å². The van der Waals surface area contributed by atoms with E-state index in [2.05, 4.69) is 11.4 Å². The monoisotopic (exact) mass is 318 g/mol. The van der Waals surface area contributed by atoms with Crippen LogP contribution >= 0.6 is 11.3 Å². The second-order valence-electron chi connectivity index (χ2n) is 5.69. The van der Waals surface area contributed by atoms with Gasteiger partial charge >= 0.3 is 0 Å². The van der Waals surface area contributed by atoms with Gasteiger partial charge in [0.05, 0.1) is 5.56 Å². The maximum atomic E-state index is 12.5. The van der Waals surface area contributed by atoms with E-state index in [4.69, 9.17) is 0 Å². The topological polar surface area (TPSA) is 52.9 Å². The second kappa shape index (κ2) is 5.53. The summed E-state index contributed by atoms with van der Waals surface area (Å²) in [4.78, 5) is 13.8. The highest BCUT2D eigenvalue weighted by molar-refractivity contribution is 7.16. The van der Waals surface area contributed by atoms with E-state index in [-0.39, 0.29) is 5.91 Å². The molecule has 1 amide bonds. The molecule has 0 aliphatic heterocycles. The van der Waals surface area contributed by atoms with Crippen molar-refractivity contribution in [2.75, 3.05) is 5.32 Å². The van der Waals surface area contributed by atoms with Crippen LogP contribution in [-0.4, -0.2) is 5.91 Å². The first-order valence-corrected chi connectivity index (χ1v) is 8.42. The van der Waals surface area contributed by atoms with Gasteiger partial charge in [0.2, 0.25) is 0 Å². The summed E-state index contributed by atoms with van der Waals surface area (Å²) in [6.45, 7) is 0. The fraction of sp³-hybridized carbons (Fsp3) is 0.158. The van der Waals surface area contributed by atoms with Crippen LogP contribution in [0.4, 0.5) is 5.00 Å². The van der Waals surface area contributed by atoms with Crippen LogP contribution in [0.2, 0.25) is 0 Å². The Bertz CT molecular complexity index is 965. The molecular formula is C19H14N2OS. The fourth-order valence-corrected chi connectivity index (χ4v) is 4.35. The molecule has 2 aromatic carbocycles. The second-order valence-corrected chi connectivity index (χ2v) is 6.79. The van der Waals surface area contributed by atoms with Crippen LogP contribution in [0.3, 0.4) is 0 Å². The molecule has 1 aliphatic rings. The minimum absolute atomic E-state index is 0.160. The summed E-state index contributed by atoms with van der Waals surface area (Å²) in [5.41, 5.74) is 2.39. The van der Waals surface area contributed by atoms with Gasteiger partial charge in [-0.3, -0.25) is 4.79 Å². The predicted octanol–water partition coefficient (Wildman–Crippen LogP) is 4.51. The van der Waals surface area contributed by atoms with Crippen molar-refractivity contribution in [3.63, 3.8) is 0 Å². The highest BCUT2D eigenvalue weighted by Crippen LogP contribution is 2.38. The molecule has 0 spiro atoms. The first kappa shape index (κ1) is 14.0. The van der Waals surface area contributed by atoms with Crippen molar-refractivity contribution < 1.29 is 4.79 Å². The number of thiophene rings is 1. The number of nitrogens with one attached hydrogen (secondary N) is 1. The van der Waals surface area contributed by atoms with E-state index in [0.29, 0.717) is 16.1 Å². The highest BCUT2D eigenvalue weighted by Gasteiger charge is 2.23. The van der Waals surface area contributed by atoms with Crippen LogP contribution in [0, 0.1) is 11.3 Å². The van der Waals surface area contributed by atoms with Gasteiger partial charge in [-0.1, -0.05) is 30.3 Å².